The number of hydrogen-bond acceptors (Lipinski definition) is 4. The number of nitrogens with one attached hydrogen (secondary N) is 1. The molecule has 1 amide bonds. The van der Waals surface area contributed by atoms with Crippen LogP contribution in [0.1, 0.15) is 10.6 Å². The molecule has 0 aliphatic rings. The number of benzene rings is 2. The summed E-state index contributed by atoms with van der Waals surface area (Å²) in [5.74, 6) is 0.535. The molecule has 134 valence electrons. The minimum Gasteiger partial charge on any atom is -0.494 e. The quantitative estimate of drug-likeness (QED) is 0.483. The Hall–Kier alpha value is -2.15. The Labute approximate surface area is 168 Å². The maximum Gasteiger partial charge on any atom is 0.291 e. The van der Waals surface area contributed by atoms with Crippen molar-refractivity contribution in [3.63, 3.8) is 0 Å². The van der Waals surface area contributed by atoms with Crippen LogP contribution in [0.3, 0.4) is 0 Å². The smallest absolute Gasteiger partial charge is 0.291 e. The van der Waals surface area contributed by atoms with Gasteiger partial charge in [0.25, 0.3) is 5.91 Å². The van der Waals surface area contributed by atoms with Gasteiger partial charge in [0.1, 0.15) is 17.2 Å². The molecular formula is C18H13BrCl2N2O3. The second-order valence-electron chi connectivity index (χ2n) is 5.32. The largest absolute Gasteiger partial charge is 0.494 e. The summed E-state index contributed by atoms with van der Waals surface area (Å²) in [7, 11) is 1.46. The predicted octanol–water partition coefficient (Wildman–Crippen LogP) is 5.86. The number of rotatable bonds is 4. The third-order valence-electron chi connectivity index (χ3n) is 3.56. The number of methoxy groups -OCH3 is 1. The molecule has 0 aliphatic carbocycles. The molecule has 0 saturated heterocycles. The fourth-order valence-electron chi connectivity index (χ4n) is 2.35. The molecule has 8 heteroatoms. The number of ether oxygens (including phenoxy) is 1. The SMILES string of the molecule is COc1cc(N)cc(Cl)c1NC(=O)c1ccc(-c2ccc(Cl)cc2Br)o1. The molecule has 5 nitrogen and oxygen atoms in total. The second kappa shape index (κ2) is 7.61. The fraction of sp³-hybridized carbons (Fsp3) is 0.0556. The second-order valence-corrected chi connectivity index (χ2v) is 7.02. The van der Waals surface area contributed by atoms with E-state index < -0.39 is 5.91 Å². The van der Waals surface area contributed by atoms with Crippen molar-refractivity contribution in [3.8, 4) is 17.1 Å². The number of anilines is 2. The van der Waals surface area contributed by atoms with Gasteiger partial charge in [-0.15, -0.1) is 0 Å². The highest BCUT2D eigenvalue weighted by atomic mass is 79.9. The van der Waals surface area contributed by atoms with Gasteiger partial charge in [-0.05, 0) is 52.3 Å². The Balaban J connectivity index is 1.88. The number of amides is 1. The van der Waals surface area contributed by atoms with Crippen LogP contribution in [0.5, 0.6) is 5.75 Å². The van der Waals surface area contributed by atoms with Crippen LogP contribution in [0, 0.1) is 0 Å². The Bertz CT molecular complexity index is 989. The topological polar surface area (TPSA) is 77.5 Å². The van der Waals surface area contributed by atoms with Crippen molar-refractivity contribution < 1.29 is 13.9 Å². The van der Waals surface area contributed by atoms with Crippen LogP contribution >= 0.6 is 39.1 Å². The number of hydrogen-bond donors (Lipinski definition) is 2. The van der Waals surface area contributed by atoms with Crippen LogP contribution in [-0.2, 0) is 0 Å². The lowest BCUT2D eigenvalue weighted by Gasteiger charge is -2.12. The highest BCUT2D eigenvalue weighted by molar-refractivity contribution is 9.10. The van der Waals surface area contributed by atoms with Crippen molar-refractivity contribution in [2.24, 2.45) is 0 Å². The van der Waals surface area contributed by atoms with Crippen LogP contribution in [0.4, 0.5) is 11.4 Å². The van der Waals surface area contributed by atoms with Crippen molar-refractivity contribution in [3.05, 3.63) is 62.7 Å². The molecule has 0 spiro atoms. The maximum absolute atomic E-state index is 12.5. The monoisotopic (exact) mass is 454 g/mol. The average molecular weight is 456 g/mol. The van der Waals surface area contributed by atoms with E-state index in [1.165, 1.54) is 13.2 Å². The summed E-state index contributed by atoms with van der Waals surface area (Å²) in [6.07, 6.45) is 0. The van der Waals surface area contributed by atoms with E-state index in [1.807, 2.05) is 0 Å². The minimum absolute atomic E-state index is 0.122. The normalized spacial score (nSPS) is 10.6. The summed E-state index contributed by atoms with van der Waals surface area (Å²) in [4.78, 5) is 12.5. The Morgan fingerprint density at radius 2 is 1.96 bits per heavy atom. The van der Waals surface area contributed by atoms with Crippen molar-refractivity contribution in [2.75, 3.05) is 18.2 Å². The zero-order valence-electron chi connectivity index (χ0n) is 13.5. The molecule has 0 radical (unpaired) electrons. The number of nitrogen functional groups attached to an aromatic ring is 1. The Morgan fingerprint density at radius 1 is 1.19 bits per heavy atom. The summed E-state index contributed by atoms with van der Waals surface area (Å²) in [5.41, 5.74) is 7.25. The third-order valence-corrected chi connectivity index (χ3v) is 4.75. The van der Waals surface area contributed by atoms with E-state index in [0.717, 1.165) is 10.0 Å². The van der Waals surface area contributed by atoms with E-state index in [2.05, 4.69) is 21.2 Å². The van der Waals surface area contributed by atoms with E-state index in [0.29, 0.717) is 27.9 Å². The van der Waals surface area contributed by atoms with Crippen molar-refractivity contribution in [2.45, 2.75) is 0 Å². The van der Waals surface area contributed by atoms with Crippen LogP contribution in [0.15, 0.2) is 51.4 Å². The zero-order chi connectivity index (χ0) is 18.8. The molecular weight excluding hydrogens is 443 g/mol. The Kier molecular flexibility index (Phi) is 5.46. The molecule has 0 atom stereocenters. The van der Waals surface area contributed by atoms with Gasteiger partial charge in [0.15, 0.2) is 5.76 Å². The van der Waals surface area contributed by atoms with Crippen molar-refractivity contribution in [1.82, 2.24) is 0 Å². The lowest BCUT2D eigenvalue weighted by molar-refractivity contribution is 0.0997. The summed E-state index contributed by atoms with van der Waals surface area (Å²) in [6.45, 7) is 0. The predicted molar refractivity (Wildman–Crippen MR) is 107 cm³/mol. The molecule has 3 N–H and O–H groups in total. The van der Waals surface area contributed by atoms with Gasteiger partial charge in [0.2, 0.25) is 0 Å². The fourth-order valence-corrected chi connectivity index (χ4v) is 3.50. The van der Waals surface area contributed by atoms with Crippen LogP contribution in [0.25, 0.3) is 11.3 Å². The molecule has 0 bridgehead atoms. The van der Waals surface area contributed by atoms with E-state index in [4.69, 9.17) is 38.1 Å². The van der Waals surface area contributed by atoms with Crippen molar-refractivity contribution >= 4 is 56.4 Å². The summed E-state index contributed by atoms with van der Waals surface area (Å²) in [6, 6.07) is 11.7. The zero-order valence-corrected chi connectivity index (χ0v) is 16.6. The first-order valence-corrected chi connectivity index (χ1v) is 8.93. The molecule has 0 fully saturated rings. The van der Waals surface area contributed by atoms with Gasteiger partial charge in [-0.2, -0.15) is 0 Å². The van der Waals surface area contributed by atoms with Gasteiger partial charge >= 0.3 is 0 Å². The first-order chi connectivity index (χ1) is 12.4. The van der Waals surface area contributed by atoms with Crippen molar-refractivity contribution in [1.29, 1.82) is 0 Å². The number of furan rings is 1. The van der Waals surface area contributed by atoms with Crippen LogP contribution in [0.2, 0.25) is 10.0 Å². The highest BCUT2D eigenvalue weighted by Gasteiger charge is 2.18. The van der Waals surface area contributed by atoms with E-state index in [9.17, 15) is 4.79 Å². The standard InChI is InChI=1S/C18H13BrCl2N2O3/c1-25-16-8-10(22)7-13(21)17(16)23-18(24)15-5-4-14(26-15)11-3-2-9(20)6-12(11)19/h2-8H,22H2,1H3,(H,23,24). The number of halogens is 3. The molecule has 0 saturated carbocycles. The maximum atomic E-state index is 12.5. The lowest BCUT2D eigenvalue weighted by atomic mass is 10.2. The molecule has 1 aromatic heterocycles. The van der Waals surface area contributed by atoms with Gasteiger partial charge in [-0.3, -0.25) is 4.79 Å². The molecule has 26 heavy (non-hydrogen) atoms. The van der Waals surface area contributed by atoms with Gasteiger partial charge < -0.3 is 20.2 Å². The van der Waals surface area contributed by atoms with E-state index in [1.54, 1.807) is 36.4 Å². The number of carbonyl (C=O) groups excluding carboxylic acids is 1. The molecule has 0 aliphatic heterocycles. The lowest BCUT2D eigenvalue weighted by Crippen LogP contribution is -2.12. The summed E-state index contributed by atoms with van der Waals surface area (Å²) < 4.78 is 11.6. The summed E-state index contributed by atoms with van der Waals surface area (Å²) in [5, 5.41) is 3.54. The van der Waals surface area contributed by atoms with Crippen LogP contribution in [-0.4, -0.2) is 13.0 Å². The first kappa shape index (κ1) is 18.6. The third kappa shape index (κ3) is 3.82. The van der Waals surface area contributed by atoms with Gasteiger partial charge in [0.05, 0.1) is 12.1 Å². The van der Waals surface area contributed by atoms with Gasteiger partial charge in [-0.1, -0.05) is 23.2 Å². The highest BCUT2D eigenvalue weighted by Crippen LogP contribution is 2.36. The minimum atomic E-state index is -0.466. The van der Waals surface area contributed by atoms with Gasteiger partial charge in [0, 0.05) is 26.8 Å². The van der Waals surface area contributed by atoms with Crippen LogP contribution < -0.4 is 15.8 Å². The number of carbonyl (C=O) groups is 1. The molecule has 3 rings (SSSR count). The van der Waals surface area contributed by atoms with E-state index in [-0.39, 0.29) is 10.8 Å². The van der Waals surface area contributed by atoms with Gasteiger partial charge in [-0.25, -0.2) is 0 Å². The molecule has 1 heterocycles. The summed E-state index contributed by atoms with van der Waals surface area (Å²) >= 11 is 15.5. The molecule has 0 unspecified atom stereocenters. The number of nitrogens with two attached hydrogens (primary N) is 1. The first-order valence-electron chi connectivity index (χ1n) is 7.38. The molecule has 2 aromatic carbocycles. The average Bonchev–Trinajstić information content (AvgIpc) is 3.06. The molecule has 3 aromatic rings. The van der Waals surface area contributed by atoms with E-state index >= 15 is 0 Å². The Morgan fingerprint density at radius 3 is 2.65 bits per heavy atom.